The van der Waals surface area contributed by atoms with Gasteiger partial charge in [-0.3, -0.25) is 19.7 Å². The Balaban J connectivity index is 1.32. The number of fused-ring (bicyclic) bond motifs is 8. The van der Waals surface area contributed by atoms with E-state index >= 15 is 0 Å². The second-order valence-electron chi connectivity index (χ2n) is 7.98. The van der Waals surface area contributed by atoms with Gasteiger partial charge in [-0.25, -0.2) is 4.90 Å². The van der Waals surface area contributed by atoms with Crippen LogP contribution in [0, 0.1) is 27.9 Å². The number of rotatable bonds is 3. The number of nitrogens with zero attached hydrogens (tertiary/aromatic N) is 3. The molecule has 0 unspecified atom stereocenters. The second kappa shape index (κ2) is 6.35. The molecule has 3 saturated heterocycles. The number of amides is 2. The smallest absolute Gasteiger partial charge is 0.269 e. The van der Waals surface area contributed by atoms with E-state index in [1.807, 2.05) is 12.1 Å². The van der Waals surface area contributed by atoms with Crippen molar-refractivity contribution in [1.82, 2.24) is 0 Å². The quantitative estimate of drug-likeness (QED) is 0.413. The molecule has 156 valence electrons. The van der Waals surface area contributed by atoms with Crippen LogP contribution >= 0.6 is 11.6 Å². The first-order valence-corrected chi connectivity index (χ1v) is 10.1. The average molecular weight is 440 g/mol. The number of hydrogen-bond donors (Lipinski definition) is 0. The molecule has 4 aliphatic rings. The normalized spacial score (nSPS) is 32.7. The largest absolute Gasteiger partial charge is 0.389 e. The molecule has 6 atom stereocenters. The molecule has 10 heteroatoms. The number of non-ortho nitro benzene ring substituents is 1. The van der Waals surface area contributed by atoms with E-state index in [4.69, 9.17) is 21.2 Å². The lowest BCUT2D eigenvalue weighted by molar-refractivity contribution is -0.384. The first kappa shape index (κ1) is 18.5. The van der Waals surface area contributed by atoms with Gasteiger partial charge in [0.1, 0.15) is 6.10 Å². The number of halogens is 1. The lowest BCUT2D eigenvalue weighted by Gasteiger charge is -2.26. The number of benzene rings is 2. The average Bonchev–Trinajstić information content (AvgIpc) is 3.49. The van der Waals surface area contributed by atoms with E-state index < -0.39 is 35.1 Å². The maximum atomic E-state index is 13.3. The van der Waals surface area contributed by atoms with E-state index in [0.29, 0.717) is 16.4 Å². The minimum Gasteiger partial charge on any atom is -0.389 e. The molecule has 0 radical (unpaired) electrons. The van der Waals surface area contributed by atoms with E-state index in [-0.39, 0.29) is 23.4 Å². The predicted molar refractivity (Wildman–Crippen MR) is 108 cm³/mol. The van der Waals surface area contributed by atoms with Gasteiger partial charge >= 0.3 is 0 Å². The van der Waals surface area contributed by atoms with Crippen LogP contribution in [0.15, 0.2) is 53.7 Å². The molecule has 2 aromatic rings. The summed E-state index contributed by atoms with van der Waals surface area (Å²) in [4.78, 5) is 43.6. The van der Waals surface area contributed by atoms with Gasteiger partial charge in [0.05, 0.1) is 40.2 Å². The molecule has 4 aliphatic heterocycles. The van der Waals surface area contributed by atoms with E-state index in [1.165, 1.54) is 24.3 Å². The number of carbonyl (C=O) groups excluding carboxylic acids is 2. The van der Waals surface area contributed by atoms with Gasteiger partial charge in [0.2, 0.25) is 11.8 Å². The van der Waals surface area contributed by atoms with E-state index in [0.717, 1.165) is 10.5 Å². The summed E-state index contributed by atoms with van der Waals surface area (Å²) < 4.78 is 6.07. The lowest BCUT2D eigenvalue weighted by atomic mass is 9.71. The second-order valence-corrected chi connectivity index (χ2v) is 8.42. The van der Waals surface area contributed by atoms with Crippen molar-refractivity contribution in [1.29, 1.82) is 0 Å². The zero-order valence-corrected chi connectivity index (χ0v) is 16.5. The molecule has 2 amide bonds. The summed E-state index contributed by atoms with van der Waals surface area (Å²) in [5.41, 5.74) is 1.71. The highest BCUT2D eigenvalue weighted by molar-refractivity contribution is 6.30. The summed E-state index contributed by atoms with van der Waals surface area (Å²) in [6.45, 7) is 0. The summed E-state index contributed by atoms with van der Waals surface area (Å²) in [6.07, 6.45) is -1.55. The monoisotopic (exact) mass is 439 g/mol. The SMILES string of the molecule is O=C1[C@@H]2[C@@H]3O[C@@H]([C@H]4C(c5ccc(Cl)cc5)=NO[C@@H]34)[C@@H]2C(=O)N1c1ccc([N+](=O)[O-])cc1. The summed E-state index contributed by atoms with van der Waals surface area (Å²) in [5, 5.41) is 15.7. The first-order chi connectivity index (χ1) is 15.0. The molecule has 0 aliphatic carbocycles. The molecule has 0 N–H and O–H groups in total. The van der Waals surface area contributed by atoms with Gasteiger partial charge in [0.15, 0.2) is 6.10 Å². The minimum absolute atomic E-state index is 0.113. The van der Waals surface area contributed by atoms with Crippen molar-refractivity contribution in [3.63, 3.8) is 0 Å². The Labute approximate surface area is 180 Å². The molecular formula is C21H14ClN3O6. The Kier molecular flexibility index (Phi) is 3.78. The highest BCUT2D eigenvalue weighted by Crippen LogP contribution is 2.55. The molecule has 2 aromatic carbocycles. The van der Waals surface area contributed by atoms with Crippen LogP contribution in [0.25, 0.3) is 0 Å². The highest BCUT2D eigenvalue weighted by atomic mass is 35.5. The Morgan fingerprint density at radius 1 is 0.903 bits per heavy atom. The number of hydrogen-bond acceptors (Lipinski definition) is 7. The van der Waals surface area contributed by atoms with E-state index in [9.17, 15) is 19.7 Å². The van der Waals surface area contributed by atoms with Gasteiger partial charge in [-0.1, -0.05) is 28.9 Å². The molecule has 0 saturated carbocycles. The predicted octanol–water partition coefficient (Wildman–Crippen LogP) is 2.55. The molecule has 31 heavy (non-hydrogen) atoms. The summed E-state index contributed by atoms with van der Waals surface area (Å²) in [6, 6.07) is 12.6. The summed E-state index contributed by atoms with van der Waals surface area (Å²) in [7, 11) is 0. The van der Waals surface area contributed by atoms with E-state index in [1.54, 1.807) is 12.1 Å². The lowest BCUT2D eigenvalue weighted by Crippen LogP contribution is -2.45. The Bertz CT molecular complexity index is 1160. The molecule has 0 aromatic heterocycles. The Morgan fingerprint density at radius 2 is 1.55 bits per heavy atom. The van der Waals surface area contributed by atoms with Crippen molar-refractivity contribution in [3.05, 3.63) is 69.2 Å². The number of ether oxygens (including phenoxy) is 1. The van der Waals surface area contributed by atoms with Crippen LogP contribution in [0.4, 0.5) is 11.4 Å². The Morgan fingerprint density at radius 3 is 2.19 bits per heavy atom. The summed E-state index contributed by atoms with van der Waals surface area (Å²) >= 11 is 5.98. The van der Waals surface area contributed by atoms with Gasteiger partial charge < -0.3 is 9.57 Å². The fourth-order valence-corrected chi connectivity index (χ4v) is 5.32. The van der Waals surface area contributed by atoms with E-state index in [2.05, 4.69) is 5.16 Å². The van der Waals surface area contributed by atoms with Crippen LogP contribution in [-0.2, 0) is 19.2 Å². The maximum absolute atomic E-state index is 13.3. The zero-order valence-electron chi connectivity index (χ0n) is 15.8. The van der Waals surface area contributed by atoms with Crippen molar-refractivity contribution in [2.45, 2.75) is 18.3 Å². The number of nitro benzene ring substituents is 1. The first-order valence-electron chi connectivity index (χ1n) is 9.73. The topological polar surface area (TPSA) is 111 Å². The van der Waals surface area contributed by atoms with Crippen LogP contribution in [0.2, 0.25) is 5.02 Å². The van der Waals surface area contributed by atoms with Gasteiger partial charge in [0, 0.05) is 17.2 Å². The third kappa shape index (κ3) is 2.44. The molecule has 0 spiro atoms. The number of carbonyl (C=O) groups is 2. The Hall–Kier alpha value is -3.30. The van der Waals surface area contributed by atoms with Crippen molar-refractivity contribution in [2.75, 3.05) is 4.90 Å². The third-order valence-corrected chi connectivity index (χ3v) is 6.75. The molecule has 4 heterocycles. The van der Waals surface area contributed by atoms with Crippen LogP contribution in [0.5, 0.6) is 0 Å². The number of imide groups is 1. The number of nitro groups is 1. The van der Waals surface area contributed by atoms with Crippen LogP contribution < -0.4 is 4.90 Å². The minimum atomic E-state index is -0.659. The third-order valence-electron chi connectivity index (χ3n) is 6.50. The van der Waals surface area contributed by atoms with Crippen molar-refractivity contribution >= 4 is 40.5 Å². The zero-order chi connectivity index (χ0) is 21.4. The molecule has 3 fully saturated rings. The van der Waals surface area contributed by atoms with Crippen molar-refractivity contribution in [3.8, 4) is 0 Å². The van der Waals surface area contributed by atoms with Crippen molar-refractivity contribution < 1.29 is 24.1 Å². The number of oxime groups is 1. The van der Waals surface area contributed by atoms with Crippen molar-refractivity contribution in [2.24, 2.45) is 22.9 Å². The van der Waals surface area contributed by atoms with Gasteiger partial charge in [0.25, 0.3) is 5.69 Å². The fraction of sp³-hybridized carbons (Fsp3) is 0.286. The molecule has 9 nitrogen and oxygen atoms in total. The summed E-state index contributed by atoms with van der Waals surface area (Å²) in [5.74, 6) is -2.31. The van der Waals surface area contributed by atoms with Gasteiger partial charge in [-0.15, -0.1) is 0 Å². The number of anilines is 1. The van der Waals surface area contributed by atoms with Crippen LogP contribution in [0.1, 0.15) is 5.56 Å². The van der Waals surface area contributed by atoms with Gasteiger partial charge in [-0.2, -0.15) is 0 Å². The molecule has 2 bridgehead atoms. The molecule has 6 rings (SSSR count). The van der Waals surface area contributed by atoms with Gasteiger partial charge in [-0.05, 0) is 29.8 Å². The van der Waals surface area contributed by atoms with Crippen LogP contribution in [-0.4, -0.2) is 40.8 Å². The molecular weight excluding hydrogens is 426 g/mol. The maximum Gasteiger partial charge on any atom is 0.269 e. The standard InChI is InChI=1S/C21H14ClN3O6/c22-10-3-1-9(2-4-10)16-15-17-13-14(18(30-17)19(15)31-23-16)21(27)24(20(13)26)11-5-7-12(8-6-11)25(28)29/h1-8,13-15,17-19H/t13-,14+,15-,17-,18+,19-/m1/s1. The fourth-order valence-electron chi connectivity index (χ4n) is 5.19. The van der Waals surface area contributed by atoms with Crippen LogP contribution in [0.3, 0.4) is 0 Å². The highest BCUT2D eigenvalue weighted by Gasteiger charge is 2.72.